The second kappa shape index (κ2) is 2.91. The lowest BCUT2D eigenvalue weighted by Gasteiger charge is -2.07. The molecule has 3 heteroatoms. The van der Waals surface area contributed by atoms with Crippen molar-refractivity contribution in [3.8, 4) is 0 Å². The molecule has 11 heavy (non-hydrogen) atoms. The topological polar surface area (TPSA) is 24.9 Å². The van der Waals surface area contributed by atoms with E-state index in [1.807, 2.05) is 5.51 Å². The molecule has 1 aromatic rings. The summed E-state index contributed by atoms with van der Waals surface area (Å²) in [6.07, 6.45) is 2.32. The lowest BCUT2D eigenvalue weighted by Crippen LogP contribution is -2.29. The maximum atomic E-state index is 4.31. The van der Waals surface area contributed by atoms with Crippen molar-refractivity contribution < 1.29 is 0 Å². The van der Waals surface area contributed by atoms with Gasteiger partial charge in [-0.2, -0.15) is 0 Å². The fourth-order valence-electron chi connectivity index (χ4n) is 1.59. The fraction of sp³-hybridized carbons (Fsp3) is 0.625. The van der Waals surface area contributed by atoms with E-state index < -0.39 is 0 Å². The molecular formula is C8H12N2S. The molecule has 0 bridgehead atoms. The van der Waals surface area contributed by atoms with E-state index in [0.29, 0.717) is 6.04 Å². The van der Waals surface area contributed by atoms with Crippen molar-refractivity contribution in [2.24, 2.45) is 0 Å². The molecule has 1 aliphatic carbocycles. The number of aromatic nitrogens is 1. The van der Waals surface area contributed by atoms with Gasteiger partial charge >= 0.3 is 0 Å². The van der Waals surface area contributed by atoms with Crippen LogP contribution in [0, 0.1) is 0 Å². The third-order valence-corrected chi connectivity index (χ3v) is 2.99. The second-order valence-corrected chi connectivity index (χ2v) is 3.82. The number of hydrogen-bond acceptors (Lipinski definition) is 3. The minimum Gasteiger partial charge on any atom is -0.314 e. The molecule has 1 N–H and O–H groups in total. The number of nitrogens with zero attached hydrogens (tertiary/aromatic N) is 1. The van der Waals surface area contributed by atoms with E-state index in [1.54, 1.807) is 11.3 Å². The zero-order chi connectivity index (χ0) is 7.68. The van der Waals surface area contributed by atoms with Crippen LogP contribution in [0.15, 0.2) is 5.51 Å². The summed E-state index contributed by atoms with van der Waals surface area (Å²) in [5.74, 6) is 0. The Hall–Kier alpha value is -0.410. The predicted molar refractivity (Wildman–Crippen MR) is 47.0 cm³/mol. The molecule has 0 saturated carbocycles. The van der Waals surface area contributed by atoms with Gasteiger partial charge in [0.15, 0.2) is 0 Å². The number of rotatable bonds is 2. The summed E-state index contributed by atoms with van der Waals surface area (Å²) in [6.45, 7) is 3.22. The van der Waals surface area contributed by atoms with Crippen LogP contribution in [0.25, 0.3) is 0 Å². The molecule has 1 atom stereocenters. The highest BCUT2D eigenvalue weighted by Crippen LogP contribution is 2.24. The Morgan fingerprint density at radius 3 is 3.36 bits per heavy atom. The SMILES string of the molecule is CCNC1Cc2ncsc2C1. The highest BCUT2D eigenvalue weighted by atomic mass is 32.1. The van der Waals surface area contributed by atoms with Gasteiger partial charge in [-0.25, -0.2) is 4.98 Å². The van der Waals surface area contributed by atoms with Crippen LogP contribution in [-0.4, -0.2) is 17.6 Å². The molecular weight excluding hydrogens is 156 g/mol. The fourth-order valence-corrected chi connectivity index (χ4v) is 2.47. The maximum Gasteiger partial charge on any atom is 0.0797 e. The first-order chi connectivity index (χ1) is 5.40. The molecule has 0 fully saturated rings. The Morgan fingerprint density at radius 2 is 2.64 bits per heavy atom. The largest absolute Gasteiger partial charge is 0.314 e. The van der Waals surface area contributed by atoms with Crippen LogP contribution in [-0.2, 0) is 12.8 Å². The standard InChI is InChI=1S/C8H12N2S/c1-2-9-6-3-7-8(4-6)11-5-10-7/h5-6,9H,2-4H2,1H3. The molecule has 0 radical (unpaired) electrons. The summed E-state index contributed by atoms with van der Waals surface area (Å²) in [4.78, 5) is 5.79. The van der Waals surface area contributed by atoms with Gasteiger partial charge in [0.05, 0.1) is 11.2 Å². The zero-order valence-corrected chi connectivity index (χ0v) is 7.45. The smallest absolute Gasteiger partial charge is 0.0797 e. The van der Waals surface area contributed by atoms with Crippen LogP contribution in [0.2, 0.25) is 0 Å². The van der Waals surface area contributed by atoms with Crippen molar-refractivity contribution in [2.75, 3.05) is 6.54 Å². The number of fused-ring (bicyclic) bond motifs is 1. The summed E-state index contributed by atoms with van der Waals surface area (Å²) in [5.41, 5.74) is 3.27. The minimum atomic E-state index is 0.662. The molecule has 1 aliphatic rings. The van der Waals surface area contributed by atoms with E-state index in [9.17, 15) is 0 Å². The first kappa shape index (κ1) is 7.25. The summed E-state index contributed by atoms with van der Waals surface area (Å²) < 4.78 is 0. The third-order valence-electron chi connectivity index (χ3n) is 2.09. The Bertz CT molecular complexity index is 223. The molecule has 1 unspecified atom stereocenters. The summed E-state index contributed by atoms with van der Waals surface area (Å²) in [5, 5.41) is 3.44. The van der Waals surface area contributed by atoms with Crippen molar-refractivity contribution in [3.05, 3.63) is 16.1 Å². The normalized spacial score (nSPS) is 22.1. The highest BCUT2D eigenvalue weighted by Gasteiger charge is 2.22. The first-order valence-corrected chi connectivity index (χ1v) is 4.92. The predicted octanol–water partition coefficient (Wildman–Crippen LogP) is 1.22. The van der Waals surface area contributed by atoms with E-state index in [-0.39, 0.29) is 0 Å². The van der Waals surface area contributed by atoms with E-state index in [1.165, 1.54) is 17.0 Å². The average molecular weight is 168 g/mol. The van der Waals surface area contributed by atoms with Gasteiger partial charge < -0.3 is 5.32 Å². The van der Waals surface area contributed by atoms with Gasteiger partial charge in [-0.05, 0) is 13.0 Å². The Balaban J connectivity index is 2.04. The number of nitrogens with one attached hydrogen (secondary N) is 1. The lowest BCUT2D eigenvalue weighted by atomic mass is 10.2. The monoisotopic (exact) mass is 168 g/mol. The maximum absolute atomic E-state index is 4.31. The molecule has 0 saturated heterocycles. The lowest BCUT2D eigenvalue weighted by molar-refractivity contribution is 0.550. The van der Waals surface area contributed by atoms with Crippen LogP contribution in [0.4, 0.5) is 0 Å². The molecule has 0 aromatic carbocycles. The van der Waals surface area contributed by atoms with Gasteiger partial charge in [0, 0.05) is 17.3 Å². The van der Waals surface area contributed by atoms with Crippen molar-refractivity contribution in [1.82, 2.24) is 10.3 Å². The third kappa shape index (κ3) is 1.30. The molecule has 2 rings (SSSR count). The average Bonchev–Trinajstić information content (AvgIpc) is 2.46. The van der Waals surface area contributed by atoms with Crippen LogP contribution in [0.1, 0.15) is 17.5 Å². The number of thiazole rings is 1. The van der Waals surface area contributed by atoms with E-state index in [4.69, 9.17) is 0 Å². The summed E-state index contributed by atoms with van der Waals surface area (Å²) in [6, 6.07) is 0.662. The first-order valence-electron chi connectivity index (χ1n) is 4.04. The molecule has 0 amide bonds. The quantitative estimate of drug-likeness (QED) is 0.718. The van der Waals surface area contributed by atoms with Gasteiger partial charge in [0.25, 0.3) is 0 Å². The Morgan fingerprint density at radius 1 is 1.73 bits per heavy atom. The summed E-state index contributed by atoms with van der Waals surface area (Å²) in [7, 11) is 0. The number of hydrogen-bond donors (Lipinski definition) is 1. The van der Waals surface area contributed by atoms with Gasteiger partial charge in [0.1, 0.15) is 0 Å². The second-order valence-electron chi connectivity index (χ2n) is 2.89. The zero-order valence-electron chi connectivity index (χ0n) is 6.63. The molecule has 2 nitrogen and oxygen atoms in total. The highest BCUT2D eigenvalue weighted by molar-refractivity contribution is 7.09. The van der Waals surface area contributed by atoms with Crippen molar-refractivity contribution in [1.29, 1.82) is 0 Å². The molecule has 60 valence electrons. The van der Waals surface area contributed by atoms with Crippen LogP contribution >= 0.6 is 11.3 Å². The van der Waals surface area contributed by atoms with E-state index >= 15 is 0 Å². The number of likely N-dealkylation sites (N-methyl/N-ethyl adjacent to an activating group) is 1. The van der Waals surface area contributed by atoms with E-state index in [0.717, 1.165) is 13.0 Å². The van der Waals surface area contributed by atoms with Gasteiger partial charge in [-0.1, -0.05) is 6.92 Å². The van der Waals surface area contributed by atoms with Gasteiger partial charge in [-0.3, -0.25) is 0 Å². The summed E-state index contributed by atoms with van der Waals surface area (Å²) >= 11 is 1.79. The van der Waals surface area contributed by atoms with Crippen LogP contribution < -0.4 is 5.32 Å². The van der Waals surface area contributed by atoms with Crippen LogP contribution in [0.3, 0.4) is 0 Å². The van der Waals surface area contributed by atoms with Crippen molar-refractivity contribution in [2.45, 2.75) is 25.8 Å². The molecule has 1 heterocycles. The Labute approximate surface area is 70.7 Å². The molecule has 0 aliphatic heterocycles. The molecule has 0 spiro atoms. The molecule has 1 aromatic heterocycles. The van der Waals surface area contributed by atoms with Gasteiger partial charge in [0.2, 0.25) is 0 Å². The van der Waals surface area contributed by atoms with Crippen molar-refractivity contribution >= 4 is 11.3 Å². The van der Waals surface area contributed by atoms with Gasteiger partial charge in [-0.15, -0.1) is 11.3 Å². The van der Waals surface area contributed by atoms with Crippen molar-refractivity contribution in [3.63, 3.8) is 0 Å². The van der Waals surface area contributed by atoms with E-state index in [2.05, 4.69) is 17.2 Å². The Kier molecular flexibility index (Phi) is 1.92. The minimum absolute atomic E-state index is 0.662. The van der Waals surface area contributed by atoms with Crippen LogP contribution in [0.5, 0.6) is 0 Å².